The van der Waals surface area contributed by atoms with Gasteiger partial charge in [-0.05, 0) is 49.2 Å². The second-order valence-corrected chi connectivity index (χ2v) is 5.50. The lowest BCUT2D eigenvalue weighted by molar-refractivity contribution is 0.0649. The number of amides is 2. The van der Waals surface area contributed by atoms with E-state index in [2.05, 4.69) is 6.07 Å². The van der Waals surface area contributed by atoms with Crippen molar-refractivity contribution in [1.29, 1.82) is 5.26 Å². The predicted octanol–water partition coefficient (Wildman–Crippen LogP) is 3.01. The number of fused-ring (bicyclic) bond motifs is 1. The maximum atomic E-state index is 12.2. The maximum absolute atomic E-state index is 12.2. The van der Waals surface area contributed by atoms with Crippen molar-refractivity contribution in [2.45, 2.75) is 12.8 Å². The second kappa shape index (κ2) is 6.97. The number of imide groups is 1. The van der Waals surface area contributed by atoms with Crippen molar-refractivity contribution in [3.05, 3.63) is 65.2 Å². The molecule has 0 fully saturated rings. The van der Waals surface area contributed by atoms with Crippen molar-refractivity contribution in [3.63, 3.8) is 0 Å². The molecule has 2 aromatic carbocycles. The van der Waals surface area contributed by atoms with Gasteiger partial charge in [-0.15, -0.1) is 0 Å². The lowest BCUT2D eigenvalue weighted by atomic mass is 10.1. The molecule has 0 saturated carbocycles. The molecule has 0 unspecified atom stereocenters. The van der Waals surface area contributed by atoms with Gasteiger partial charge in [0.1, 0.15) is 5.75 Å². The number of carbonyl (C=O) groups excluding carboxylic acids is 2. The standard InChI is InChI=1S/C19H16N2O3/c20-13-14-7-9-15(10-8-14)24-12-4-3-11-21-18(22)16-5-1-2-6-17(16)19(21)23/h1-2,5-10H,3-4,11-12H2. The van der Waals surface area contributed by atoms with E-state index in [1.807, 2.05) is 0 Å². The Morgan fingerprint density at radius 1 is 0.917 bits per heavy atom. The number of benzene rings is 2. The first-order valence-electron chi connectivity index (χ1n) is 7.79. The van der Waals surface area contributed by atoms with Gasteiger partial charge in [-0.25, -0.2) is 0 Å². The van der Waals surface area contributed by atoms with Gasteiger partial charge >= 0.3 is 0 Å². The van der Waals surface area contributed by atoms with Crippen LogP contribution < -0.4 is 4.74 Å². The molecule has 1 aliphatic rings. The van der Waals surface area contributed by atoms with E-state index in [-0.39, 0.29) is 11.8 Å². The summed E-state index contributed by atoms with van der Waals surface area (Å²) in [6.45, 7) is 0.887. The number of nitriles is 1. The Labute approximate surface area is 140 Å². The summed E-state index contributed by atoms with van der Waals surface area (Å²) in [7, 11) is 0. The van der Waals surface area contributed by atoms with Crippen LogP contribution in [0.4, 0.5) is 0 Å². The molecule has 0 aromatic heterocycles. The van der Waals surface area contributed by atoms with E-state index in [0.717, 1.165) is 6.42 Å². The Kier molecular flexibility index (Phi) is 4.57. The fourth-order valence-corrected chi connectivity index (χ4v) is 2.63. The minimum atomic E-state index is -0.219. The van der Waals surface area contributed by atoms with E-state index < -0.39 is 0 Å². The van der Waals surface area contributed by atoms with Crippen LogP contribution in [0.1, 0.15) is 39.1 Å². The largest absolute Gasteiger partial charge is 0.494 e. The van der Waals surface area contributed by atoms with Crippen LogP contribution in [0.2, 0.25) is 0 Å². The number of ether oxygens (including phenoxy) is 1. The fraction of sp³-hybridized carbons (Fsp3) is 0.211. The molecule has 5 heteroatoms. The van der Waals surface area contributed by atoms with Gasteiger partial charge in [-0.2, -0.15) is 5.26 Å². The zero-order valence-corrected chi connectivity index (χ0v) is 13.1. The Bertz CT molecular complexity index is 771. The normalized spacial score (nSPS) is 12.9. The summed E-state index contributed by atoms with van der Waals surface area (Å²) < 4.78 is 5.59. The van der Waals surface area contributed by atoms with Crippen molar-refractivity contribution < 1.29 is 14.3 Å². The van der Waals surface area contributed by atoms with Crippen molar-refractivity contribution >= 4 is 11.8 Å². The first-order valence-corrected chi connectivity index (χ1v) is 7.79. The van der Waals surface area contributed by atoms with E-state index >= 15 is 0 Å². The molecule has 120 valence electrons. The average molecular weight is 320 g/mol. The van der Waals surface area contributed by atoms with Gasteiger partial charge in [-0.3, -0.25) is 14.5 Å². The monoisotopic (exact) mass is 320 g/mol. The molecule has 1 aliphatic heterocycles. The Morgan fingerprint density at radius 2 is 1.54 bits per heavy atom. The number of rotatable bonds is 6. The molecule has 2 amide bonds. The van der Waals surface area contributed by atoms with Crippen LogP contribution in [0.5, 0.6) is 5.75 Å². The Morgan fingerprint density at radius 3 is 2.12 bits per heavy atom. The highest BCUT2D eigenvalue weighted by Crippen LogP contribution is 2.22. The fourth-order valence-electron chi connectivity index (χ4n) is 2.63. The van der Waals surface area contributed by atoms with E-state index in [0.29, 0.717) is 42.0 Å². The lowest BCUT2D eigenvalue weighted by Gasteiger charge is -2.13. The predicted molar refractivity (Wildman–Crippen MR) is 87.7 cm³/mol. The van der Waals surface area contributed by atoms with Crippen LogP contribution in [-0.4, -0.2) is 29.9 Å². The van der Waals surface area contributed by atoms with Crippen molar-refractivity contribution in [2.75, 3.05) is 13.2 Å². The van der Waals surface area contributed by atoms with Gasteiger partial charge in [-0.1, -0.05) is 12.1 Å². The molecule has 1 heterocycles. The van der Waals surface area contributed by atoms with Crippen LogP contribution in [0.15, 0.2) is 48.5 Å². The first-order chi connectivity index (χ1) is 11.7. The molecule has 3 rings (SSSR count). The SMILES string of the molecule is N#Cc1ccc(OCCCCN2C(=O)c3ccccc3C2=O)cc1. The average Bonchev–Trinajstić information content (AvgIpc) is 2.87. The van der Waals surface area contributed by atoms with E-state index in [1.165, 1.54) is 4.90 Å². The van der Waals surface area contributed by atoms with Crippen LogP contribution in [0, 0.1) is 11.3 Å². The van der Waals surface area contributed by atoms with Gasteiger partial charge in [0.15, 0.2) is 0 Å². The first kappa shape index (κ1) is 15.8. The zero-order chi connectivity index (χ0) is 16.9. The van der Waals surface area contributed by atoms with Crippen molar-refractivity contribution in [3.8, 4) is 11.8 Å². The maximum Gasteiger partial charge on any atom is 0.261 e. The summed E-state index contributed by atoms with van der Waals surface area (Å²) >= 11 is 0. The molecular formula is C19H16N2O3. The molecule has 0 aliphatic carbocycles. The van der Waals surface area contributed by atoms with E-state index in [4.69, 9.17) is 10.00 Å². The minimum Gasteiger partial charge on any atom is -0.494 e. The Balaban J connectivity index is 1.45. The summed E-state index contributed by atoms with van der Waals surface area (Å²) in [4.78, 5) is 25.7. The van der Waals surface area contributed by atoms with Crippen LogP contribution >= 0.6 is 0 Å². The Hall–Kier alpha value is -3.13. The van der Waals surface area contributed by atoms with E-state index in [1.54, 1.807) is 48.5 Å². The molecule has 0 spiro atoms. The van der Waals surface area contributed by atoms with Gasteiger partial charge in [0.2, 0.25) is 0 Å². The topological polar surface area (TPSA) is 70.4 Å². The highest BCUT2D eigenvalue weighted by Gasteiger charge is 2.34. The molecule has 2 aromatic rings. The number of hydrogen-bond acceptors (Lipinski definition) is 4. The zero-order valence-electron chi connectivity index (χ0n) is 13.1. The summed E-state index contributed by atoms with van der Waals surface area (Å²) in [5.41, 5.74) is 1.56. The summed E-state index contributed by atoms with van der Waals surface area (Å²) in [6, 6.07) is 15.9. The molecule has 0 atom stereocenters. The van der Waals surface area contributed by atoms with Crippen LogP contribution in [-0.2, 0) is 0 Å². The van der Waals surface area contributed by atoms with E-state index in [9.17, 15) is 9.59 Å². The number of nitrogens with zero attached hydrogens (tertiary/aromatic N) is 2. The third kappa shape index (κ3) is 3.13. The molecule has 5 nitrogen and oxygen atoms in total. The van der Waals surface area contributed by atoms with Crippen LogP contribution in [0.25, 0.3) is 0 Å². The molecule has 0 N–H and O–H groups in total. The summed E-state index contributed by atoms with van der Waals surface area (Å²) in [6.07, 6.45) is 1.41. The smallest absolute Gasteiger partial charge is 0.261 e. The van der Waals surface area contributed by atoms with Crippen molar-refractivity contribution in [1.82, 2.24) is 4.90 Å². The van der Waals surface area contributed by atoms with Gasteiger partial charge in [0.25, 0.3) is 11.8 Å². The quantitative estimate of drug-likeness (QED) is 0.606. The van der Waals surface area contributed by atoms with Gasteiger partial charge < -0.3 is 4.74 Å². The summed E-state index contributed by atoms with van der Waals surface area (Å²) in [5.74, 6) is 0.266. The van der Waals surface area contributed by atoms with Crippen molar-refractivity contribution in [2.24, 2.45) is 0 Å². The van der Waals surface area contributed by atoms with Gasteiger partial charge in [0.05, 0.1) is 29.4 Å². The second-order valence-electron chi connectivity index (χ2n) is 5.50. The molecule has 0 bridgehead atoms. The molecule has 0 radical (unpaired) electrons. The molecular weight excluding hydrogens is 304 g/mol. The minimum absolute atomic E-state index is 0.219. The summed E-state index contributed by atoms with van der Waals surface area (Å²) in [5, 5.41) is 8.74. The highest BCUT2D eigenvalue weighted by molar-refractivity contribution is 6.21. The molecule has 0 saturated heterocycles. The third-order valence-corrected chi connectivity index (χ3v) is 3.91. The molecule has 24 heavy (non-hydrogen) atoms. The van der Waals surface area contributed by atoms with Gasteiger partial charge in [0, 0.05) is 6.54 Å². The lowest BCUT2D eigenvalue weighted by Crippen LogP contribution is -2.30. The highest BCUT2D eigenvalue weighted by atomic mass is 16.5. The number of unbranched alkanes of at least 4 members (excludes halogenated alkanes) is 1. The van der Waals surface area contributed by atoms with Crippen LogP contribution in [0.3, 0.4) is 0 Å². The number of carbonyl (C=O) groups is 2. The number of hydrogen-bond donors (Lipinski definition) is 0. The third-order valence-electron chi connectivity index (χ3n) is 3.91.